The summed E-state index contributed by atoms with van der Waals surface area (Å²) in [5.74, 6) is 3.14. The topological polar surface area (TPSA) is 3.24 Å². The Bertz CT molecular complexity index is 662. The molecular weight excluding hydrogens is 281 g/mol. The fourth-order valence-electron chi connectivity index (χ4n) is 4.73. The summed E-state index contributed by atoms with van der Waals surface area (Å²) >= 11 is 1.82. The molecule has 0 aliphatic heterocycles. The van der Waals surface area contributed by atoms with Crippen molar-refractivity contribution in [2.75, 3.05) is 20.6 Å². The molecule has 2 bridgehead atoms. The minimum absolute atomic E-state index is 0.117. The van der Waals surface area contributed by atoms with Crippen molar-refractivity contribution in [2.45, 2.75) is 25.2 Å². The van der Waals surface area contributed by atoms with Crippen LogP contribution in [-0.4, -0.2) is 25.5 Å². The largest absolute Gasteiger partial charge is 0.309 e. The molecule has 1 aromatic heterocycles. The molecule has 4 atom stereocenters. The quantitative estimate of drug-likeness (QED) is 0.792. The molecule has 2 fully saturated rings. The van der Waals surface area contributed by atoms with E-state index < -0.39 is 0 Å². The van der Waals surface area contributed by atoms with E-state index in [0.717, 1.165) is 22.5 Å². The third kappa shape index (κ3) is 2.31. The van der Waals surface area contributed by atoms with Crippen molar-refractivity contribution in [3.05, 3.63) is 35.0 Å². The van der Waals surface area contributed by atoms with E-state index in [1.165, 1.54) is 36.1 Å². The zero-order chi connectivity index (χ0) is 14.6. The van der Waals surface area contributed by atoms with Crippen LogP contribution in [0.1, 0.15) is 30.1 Å². The van der Waals surface area contributed by atoms with E-state index in [0.29, 0.717) is 5.92 Å². The summed E-state index contributed by atoms with van der Waals surface area (Å²) in [5, 5.41) is 1.21. The number of benzene rings is 1. The highest BCUT2D eigenvalue weighted by atomic mass is 32.1. The third-order valence-corrected chi connectivity index (χ3v) is 6.69. The molecule has 0 radical (unpaired) electrons. The summed E-state index contributed by atoms with van der Waals surface area (Å²) in [4.78, 5) is 3.83. The Morgan fingerprint density at radius 1 is 1.19 bits per heavy atom. The average molecular weight is 303 g/mol. The lowest BCUT2D eigenvalue weighted by Crippen LogP contribution is -2.30. The molecule has 2 saturated carbocycles. The van der Waals surface area contributed by atoms with Crippen LogP contribution in [0, 0.1) is 23.6 Å². The van der Waals surface area contributed by atoms with Crippen LogP contribution in [0.4, 0.5) is 4.39 Å². The van der Waals surface area contributed by atoms with Gasteiger partial charge < -0.3 is 4.90 Å². The van der Waals surface area contributed by atoms with Gasteiger partial charge in [0.05, 0.1) is 0 Å². The standard InChI is InChI=1S/C18H22FNS/c1-20(2)10-15-11-3-4-13(7-11)18(15)17-8-12-5-6-14(19)9-16(12)21-17/h5-6,8-9,11,13,15,18H,3-4,7,10H2,1-2H3/t11-,13+,15-,18+/m0/s1. The second-order valence-corrected chi connectivity index (χ2v) is 8.23. The van der Waals surface area contributed by atoms with Crippen molar-refractivity contribution in [3.8, 4) is 0 Å². The van der Waals surface area contributed by atoms with E-state index in [9.17, 15) is 4.39 Å². The van der Waals surface area contributed by atoms with Crippen molar-refractivity contribution in [3.63, 3.8) is 0 Å². The summed E-state index contributed by atoms with van der Waals surface area (Å²) in [6.45, 7) is 1.19. The monoisotopic (exact) mass is 303 g/mol. The van der Waals surface area contributed by atoms with Crippen LogP contribution in [0.2, 0.25) is 0 Å². The van der Waals surface area contributed by atoms with Gasteiger partial charge in [-0.1, -0.05) is 6.07 Å². The van der Waals surface area contributed by atoms with Gasteiger partial charge >= 0.3 is 0 Å². The normalized spacial score (nSPS) is 31.6. The SMILES string of the molecule is CN(C)C[C@H]1[C@H]2CC[C@H](C2)[C@H]1c1cc2ccc(F)cc2s1. The second kappa shape index (κ2) is 5.06. The number of rotatable bonds is 3. The molecule has 1 aromatic carbocycles. The lowest BCUT2D eigenvalue weighted by atomic mass is 9.78. The highest BCUT2D eigenvalue weighted by Crippen LogP contribution is 2.58. The molecule has 1 heterocycles. The van der Waals surface area contributed by atoms with Crippen molar-refractivity contribution in [1.82, 2.24) is 4.90 Å². The van der Waals surface area contributed by atoms with E-state index in [-0.39, 0.29) is 5.82 Å². The lowest BCUT2D eigenvalue weighted by molar-refractivity contribution is 0.221. The summed E-state index contributed by atoms with van der Waals surface area (Å²) in [7, 11) is 4.37. The lowest BCUT2D eigenvalue weighted by Gasteiger charge is -2.32. The van der Waals surface area contributed by atoms with Gasteiger partial charge in [-0.3, -0.25) is 0 Å². The number of hydrogen-bond acceptors (Lipinski definition) is 2. The molecule has 1 nitrogen and oxygen atoms in total. The van der Waals surface area contributed by atoms with Crippen LogP contribution in [0.15, 0.2) is 24.3 Å². The van der Waals surface area contributed by atoms with Gasteiger partial charge in [-0.25, -0.2) is 4.39 Å². The van der Waals surface area contributed by atoms with Crippen molar-refractivity contribution < 1.29 is 4.39 Å². The molecule has 0 unspecified atom stereocenters. The number of hydrogen-bond donors (Lipinski definition) is 0. The fourth-order valence-corrected chi connectivity index (χ4v) is 6.09. The minimum Gasteiger partial charge on any atom is -0.309 e. The Hall–Kier alpha value is -0.930. The molecule has 2 aromatic rings. The molecule has 2 aliphatic carbocycles. The van der Waals surface area contributed by atoms with Gasteiger partial charge in [0.25, 0.3) is 0 Å². The molecule has 112 valence electrons. The first-order valence-corrected chi connectivity index (χ1v) is 8.77. The van der Waals surface area contributed by atoms with Crippen LogP contribution in [0.25, 0.3) is 10.1 Å². The van der Waals surface area contributed by atoms with E-state index >= 15 is 0 Å². The Labute approximate surface area is 129 Å². The fraction of sp³-hybridized carbons (Fsp3) is 0.556. The molecular formula is C18H22FNS. The first kappa shape index (κ1) is 13.7. The molecule has 2 aliphatic rings. The molecule has 0 N–H and O–H groups in total. The zero-order valence-electron chi connectivity index (χ0n) is 12.7. The summed E-state index contributed by atoms with van der Waals surface area (Å²) in [6.07, 6.45) is 4.22. The number of nitrogens with zero attached hydrogens (tertiary/aromatic N) is 1. The zero-order valence-corrected chi connectivity index (χ0v) is 13.5. The van der Waals surface area contributed by atoms with Gasteiger partial charge in [0.1, 0.15) is 5.82 Å². The third-order valence-electron chi connectivity index (χ3n) is 5.49. The van der Waals surface area contributed by atoms with Gasteiger partial charge in [0.15, 0.2) is 0 Å². The minimum atomic E-state index is -0.117. The van der Waals surface area contributed by atoms with Crippen LogP contribution < -0.4 is 0 Å². The number of fused-ring (bicyclic) bond motifs is 3. The van der Waals surface area contributed by atoms with Crippen LogP contribution in [-0.2, 0) is 0 Å². The Balaban J connectivity index is 1.71. The average Bonchev–Trinajstić information content (AvgIpc) is 3.10. The van der Waals surface area contributed by atoms with E-state index in [2.05, 4.69) is 25.1 Å². The second-order valence-electron chi connectivity index (χ2n) is 7.12. The Morgan fingerprint density at radius 2 is 2.00 bits per heavy atom. The highest BCUT2D eigenvalue weighted by Gasteiger charge is 2.48. The molecule has 4 rings (SSSR count). The molecule has 3 heteroatoms. The first-order chi connectivity index (χ1) is 10.1. The smallest absolute Gasteiger partial charge is 0.124 e. The van der Waals surface area contributed by atoms with Crippen molar-refractivity contribution in [2.24, 2.45) is 17.8 Å². The highest BCUT2D eigenvalue weighted by molar-refractivity contribution is 7.19. The number of halogens is 1. The predicted octanol–water partition coefficient (Wildman–Crippen LogP) is 4.73. The van der Waals surface area contributed by atoms with Crippen LogP contribution >= 0.6 is 11.3 Å². The number of thiophene rings is 1. The summed E-state index contributed by atoms with van der Waals surface area (Å²) < 4.78 is 14.5. The van der Waals surface area contributed by atoms with Crippen molar-refractivity contribution >= 4 is 21.4 Å². The summed E-state index contributed by atoms with van der Waals surface area (Å²) in [6, 6.07) is 7.53. The van der Waals surface area contributed by atoms with E-state index in [1.54, 1.807) is 12.1 Å². The Morgan fingerprint density at radius 3 is 2.81 bits per heavy atom. The van der Waals surface area contributed by atoms with Gasteiger partial charge in [0.2, 0.25) is 0 Å². The maximum Gasteiger partial charge on any atom is 0.124 e. The first-order valence-electron chi connectivity index (χ1n) is 7.95. The molecule has 0 saturated heterocycles. The van der Waals surface area contributed by atoms with E-state index in [4.69, 9.17) is 0 Å². The van der Waals surface area contributed by atoms with Gasteiger partial charge in [0, 0.05) is 22.0 Å². The predicted molar refractivity (Wildman–Crippen MR) is 87.4 cm³/mol. The van der Waals surface area contributed by atoms with Crippen molar-refractivity contribution in [1.29, 1.82) is 0 Å². The molecule has 0 spiro atoms. The van der Waals surface area contributed by atoms with Gasteiger partial charge in [-0.05, 0) is 74.7 Å². The van der Waals surface area contributed by atoms with E-state index in [1.807, 2.05) is 17.4 Å². The maximum absolute atomic E-state index is 13.4. The van der Waals surface area contributed by atoms with Gasteiger partial charge in [-0.2, -0.15) is 0 Å². The van der Waals surface area contributed by atoms with Gasteiger partial charge in [-0.15, -0.1) is 11.3 Å². The maximum atomic E-state index is 13.4. The molecule has 21 heavy (non-hydrogen) atoms. The van der Waals surface area contributed by atoms with Crippen LogP contribution in [0.5, 0.6) is 0 Å². The summed E-state index contributed by atoms with van der Waals surface area (Å²) in [5.41, 5.74) is 0. The molecule has 0 amide bonds. The van der Waals surface area contributed by atoms with Crippen LogP contribution in [0.3, 0.4) is 0 Å². The Kier molecular flexibility index (Phi) is 3.31.